The molecule has 0 radical (unpaired) electrons. The average Bonchev–Trinajstić information content (AvgIpc) is 1.45. The Morgan fingerprint density at radius 1 is 0.604 bits per heavy atom. The number of carbonyl (C=O) groups is 8. The van der Waals surface area contributed by atoms with E-state index in [1.54, 1.807) is 37.3 Å². The molecular formula is C80H109N2O23P. The molecule has 0 unspecified atom stereocenters. The molecule has 12 N–H and O–H groups in total. The zero-order chi connectivity index (χ0) is 78.0. The highest BCUT2D eigenvalue weighted by atomic mass is 31.2. The summed E-state index contributed by atoms with van der Waals surface area (Å²) in [4.78, 5) is 116. The number of carboxylic acid groups (broad SMARTS) is 1. The molecule has 106 heavy (non-hydrogen) atoms. The SMILES string of the molecule is CC(=O)O.CC(=O)OC1=CC(=O)C=C2CC[C@@H]3[C@H]([C@@H](O)C[C@@]4(C)[C@H]3CC[C@]4(O)C(=O)CO)[C@]21C.CC(C)c1ccccc1OCC1=NCCN1.C[C@]12C=CC(=O)C=C1CC[C@@H]1[C@@H]2[C@@H](O)C[C@@]2(C)[C@H]1CC[C@]2(O)C(=O)CO.C[C@]12C=CC(=O)C=C1CC[C@@H]1[C@@H]2[C@@H](O)C[C@@]2(C)[C@H]1CC[C@]2(O)C(=O)COP(=O)(O)O. The number of aliphatic imine (C=N–C) groups is 1. The van der Waals surface area contributed by atoms with E-state index in [0.717, 1.165) is 80.4 Å². The number of aliphatic carboxylic acids is 1. The monoisotopic (exact) mass is 1500 g/mol. The smallest absolute Gasteiger partial charge is 0.470 e. The molecule has 0 saturated heterocycles. The van der Waals surface area contributed by atoms with Crippen molar-refractivity contribution in [2.45, 2.75) is 207 Å². The maximum absolute atomic E-state index is 12.8. The second-order valence-electron chi connectivity index (χ2n) is 33.6. The van der Waals surface area contributed by atoms with Crippen LogP contribution in [0.1, 0.15) is 177 Å². The third kappa shape index (κ3) is 14.4. The van der Waals surface area contributed by atoms with Crippen molar-refractivity contribution in [1.29, 1.82) is 0 Å². The fourth-order valence-electron chi connectivity index (χ4n) is 23.0. The summed E-state index contributed by atoms with van der Waals surface area (Å²) in [5.74, 6) is -0.957. The van der Waals surface area contributed by atoms with Gasteiger partial charge in [0, 0.05) is 71.3 Å². The van der Waals surface area contributed by atoms with Gasteiger partial charge in [-0.1, -0.05) is 95.5 Å². The van der Waals surface area contributed by atoms with E-state index in [4.69, 9.17) is 29.2 Å². The van der Waals surface area contributed by atoms with Crippen molar-refractivity contribution in [3.8, 4) is 5.75 Å². The molecule has 1 aromatic rings. The number of nitrogens with one attached hydrogen (secondary N) is 1. The number of aliphatic hydroxyl groups excluding tert-OH is 5. The molecule has 9 fully saturated rings. The van der Waals surface area contributed by atoms with Crippen LogP contribution in [-0.2, 0) is 52.2 Å². The van der Waals surface area contributed by atoms with Crippen LogP contribution >= 0.6 is 7.82 Å². The van der Waals surface area contributed by atoms with Crippen molar-refractivity contribution in [2.24, 2.45) is 90.7 Å². The van der Waals surface area contributed by atoms with E-state index >= 15 is 0 Å². The summed E-state index contributed by atoms with van der Waals surface area (Å²) in [6, 6.07) is 8.19. The maximum Gasteiger partial charge on any atom is 0.470 e. The van der Waals surface area contributed by atoms with Crippen LogP contribution < -0.4 is 10.1 Å². The molecule has 582 valence electrons. The van der Waals surface area contributed by atoms with Crippen LogP contribution in [0.5, 0.6) is 5.75 Å². The predicted octanol–water partition coefficient (Wildman–Crippen LogP) is 6.96. The average molecular weight is 1500 g/mol. The van der Waals surface area contributed by atoms with Crippen LogP contribution in [0.15, 0.2) is 100 Å². The van der Waals surface area contributed by atoms with E-state index in [2.05, 4.69) is 41.7 Å². The van der Waals surface area contributed by atoms with Crippen molar-refractivity contribution in [1.82, 2.24) is 5.32 Å². The first-order valence-corrected chi connectivity index (χ1v) is 39.0. The third-order valence-corrected chi connectivity index (χ3v) is 28.5. The molecule has 9 saturated carbocycles. The van der Waals surface area contributed by atoms with Crippen LogP contribution in [0.3, 0.4) is 0 Å². The first kappa shape index (κ1) is 82.2. The van der Waals surface area contributed by atoms with Gasteiger partial charge in [-0.2, -0.15) is 0 Å². The lowest BCUT2D eigenvalue weighted by atomic mass is 9.45. The van der Waals surface area contributed by atoms with E-state index in [1.807, 2.05) is 58.0 Å². The van der Waals surface area contributed by atoms with Crippen molar-refractivity contribution in [2.75, 3.05) is 39.5 Å². The summed E-state index contributed by atoms with van der Waals surface area (Å²) in [5.41, 5.74) is -4.89. The summed E-state index contributed by atoms with van der Waals surface area (Å²) in [5, 5.41) is 97.0. The number of benzene rings is 1. The van der Waals surface area contributed by atoms with Crippen molar-refractivity contribution in [3.63, 3.8) is 0 Å². The van der Waals surface area contributed by atoms with Crippen LogP contribution in [0.4, 0.5) is 0 Å². The second-order valence-corrected chi connectivity index (χ2v) is 34.9. The number of allylic oxidation sites excluding steroid dienone is 11. The molecular weight excluding hydrogens is 1390 g/mol. The Labute approximate surface area is 619 Å². The first-order valence-electron chi connectivity index (χ1n) is 37.4. The zero-order valence-corrected chi connectivity index (χ0v) is 63.4. The fraction of sp³-hybridized carbons (Fsp3) is 0.662. The highest BCUT2D eigenvalue weighted by Crippen LogP contribution is 2.71. The van der Waals surface area contributed by atoms with Gasteiger partial charge in [0.2, 0.25) is 0 Å². The molecule has 12 aliphatic carbocycles. The van der Waals surface area contributed by atoms with Crippen molar-refractivity contribution < 1.29 is 113 Å². The lowest BCUT2D eigenvalue weighted by Crippen LogP contribution is -2.62. The number of Topliss-reactive ketones (excluding diaryl/α,β-unsaturated/α-hetero) is 3. The number of phosphoric acid groups is 1. The summed E-state index contributed by atoms with van der Waals surface area (Å²) >= 11 is 0. The minimum atomic E-state index is -4.84. The molecule has 21 atom stereocenters. The van der Waals surface area contributed by atoms with Gasteiger partial charge in [-0.3, -0.25) is 47.9 Å². The molecule has 14 rings (SSSR count). The number of fused-ring (bicyclic) bond motifs is 15. The molecule has 26 heteroatoms. The molecule has 13 aliphatic rings. The van der Waals surface area contributed by atoms with Gasteiger partial charge in [-0.05, 0) is 187 Å². The number of ether oxygens (including phenoxy) is 2. The van der Waals surface area contributed by atoms with E-state index in [1.165, 1.54) is 18.6 Å². The van der Waals surface area contributed by atoms with Gasteiger partial charge in [-0.25, -0.2) is 4.57 Å². The second kappa shape index (κ2) is 30.5. The standard InChI is InChI=1S/C23H30O7.C21H29O8P.C21H28O5.C13H18N2O.C2H4O2/c1-12(25)30-19-9-14(26)8-13-4-5-15-16-6-7-23(29,18(28)11-24)21(16,2)10-17(27)20(15)22(13,19)3;1-19-7-5-13(22)9-12(19)3-4-14-15-6-8-21(25,17(24)11-29-30(26,27)28)20(15,2)10-16(23)18(14)19;1-19-7-5-13(23)9-12(19)3-4-14-15-6-8-21(26,17(25)11-22)20(15,2)10-16(24)18(14)19;1-10(2)11-5-3-4-6-12(11)16-9-13-14-7-8-15-13;1-2(3)4/h8-9,15-17,20,24,27,29H,4-7,10-11H2,1-3H3;5,7,9,14-16,18,23,25H,3-4,6,8,10-11H2,1-2H3,(H2,26,27,28);5,7,9,14-16,18,22,24,26H,3-4,6,8,10-11H2,1-2H3;3-6,10H,7-9H2,1-2H3,(H,14,15);1H3,(H,3,4)/t15-,16-,17-,20+,21-,22+,23-;2*14-,15-,16-,18+,19-,20-,21-;;/m000../s1. The summed E-state index contributed by atoms with van der Waals surface area (Å²) < 4.78 is 26.6. The summed E-state index contributed by atoms with van der Waals surface area (Å²) in [6.45, 7) is 18.4. The van der Waals surface area contributed by atoms with Gasteiger partial charge in [0.05, 0.1) is 30.3 Å². The van der Waals surface area contributed by atoms with Gasteiger partial charge >= 0.3 is 13.8 Å². The van der Waals surface area contributed by atoms with E-state index < -0.39 is 119 Å². The van der Waals surface area contributed by atoms with Gasteiger partial charge in [0.25, 0.3) is 5.97 Å². The molecule has 0 amide bonds. The predicted molar refractivity (Wildman–Crippen MR) is 386 cm³/mol. The highest BCUT2D eigenvalue weighted by molar-refractivity contribution is 7.46. The van der Waals surface area contributed by atoms with Crippen LogP contribution in [0, 0.1) is 85.8 Å². The largest absolute Gasteiger partial charge is 0.485 e. The minimum Gasteiger partial charge on any atom is -0.485 e. The Hall–Kier alpha value is -6.32. The molecule has 25 nitrogen and oxygen atoms in total. The molecule has 1 aromatic carbocycles. The minimum absolute atomic E-state index is 0.00912. The van der Waals surface area contributed by atoms with E-state index in [-0.39, 0.29) is 107 Å². The van der Waals surface area contributed by atoms with Gasteiger partial charge < -0.3 is 70.5 Å². The highest BCUT2D eigenvalue weighted by Gasteiger charge is 2.72. The number of phosphoric ester groups is 1. The number of hydrogen-bond donors (Lipinski definition) is 12. The normalized spacial score (nSPS) is 40.3. The van der Waals surface area contributed by atoms with Gasteiger partial charge in [0.1, 0.15) is 60.6 Å². The molecule has 0 bridgehead atoms. The number of ketones is 6. The number of carboxylic acids is 1. The number of rotatable bonds is 13. The van der Waals surface area contributed by atoms with Crippen molar-refractivity contribution >= 4 is 60.3 Å². The first-order chi connectivity index (χ1) is 49.5. The molecule has 0 aromatic heterocycles. The lowest BCUT2D eigenvalue weighted by molar-refractivity contribution is -0.182. The Morgan fingerprint density at radius 3 is 1.43 bits per heavy atom. The summed E-state index contributed by atoms with van der Waals surface area (Å²) in [7, 11) is -4.84. The fourth-order valence-corrected chi connectivity index (χ4v) is 23.3. The van der Waals surface area contributed by atoms with Gasteiger partial charge in [0.15, 0.2) is 34.7 Å². The lowest BCUT2D eigenvalue weighted by Gasteiger charge is -2.60. The maximum atomic E-state index is 12.8. The Balaban J connectivity index is 0.000000152. The van der Waals surface area contributed by atoms with E-state index in [0.29, 0.717) is 51.0 Å². The Kier molecular flexibility index (Phi) is 23.7. The molecule has 1 heterocycles. The number of carbonyl (C=O) groups excluding carboxylic acids is 7. The topological polar surface area (TPSA) is 428 Å². The number of amidine groups is 1. The van der Waals surface area contributed by atoms with Crippen LogP contribution in [0.25, 0.3) is 0 Å². The van der Waals surface area contributed by atoms with Gasteiger partial charge in [-0.15, -0.1) is 0 Å². The van der Waals surface area contributed by atoms with Crippen LogP contribution in [0.2, 0.25) is 0 Å². The molecule has 1 aliphatic heterocycles. The summed E-state index contributed by atoms with van der Waals surface area (Å²) in [6.07, 6.45) is 18.9. The van der Waals surface area contributed by atoms with Crippen molar-refractivity contribution in [3.05, 3.63) is 101 Å². The number of aliphatic hydroxyl groups is 8. The number of para-hydroxylation sites is 1. The number of hydrogen-bond acceptors (Lipinski definition) is 22. The third-order valence-electron chi connectivity index (χ3n) is 28.0. The quantitative estimate of drug-likeness (QED) is 0.0701. The van der Waals surface area contributed by atoms with E-state index in [9.17, 15) is 79.0 Å². The molecule has 0 spiro atoms. The van der Waals surface area contributed by atoms with Crippen LogP contribution in [-0.4, -0.2) is 183 Å². The Bertz CT molecular complexity index is 3940. The number of nitrogens with zero attached hydrogens (tertiary/aromatic N) is 1. The Morgan fingerprint density at radius 2 is 1.02 bits per heavy atom. The zero-order valence-electron chi connectivity index (χ0n) is 62.5. The number of esters is 1.